The Morgan fingerprint density at radius 1 is 1.43 bits per heavy atom. The van der Waals surface area contributed by atoms with Crippen LogP contribution in [0.4, 0.5) is 8.78 Å². The summed E-state index contributed by atoms with van der Waals surface area (Å²) in [5.74, 6) is 0.609. The summed E-state index contributed by atoms with van der Waals surface area (Å²) in [5, 5.41) is 3.26. The molecule has 14 heavy (non-hydrogen) atoms. The number of alkyl halides is 2. The van der Waals surface area contributed by atoms with E-state index in [4.69, 9.17) is 4.74 Å². The van der Waals surface area contributed by atoms with E-state index in [-0.39, 0.29) is 0 Å². The fraction of sp³-hybridized carbons (Fsp3) is 1.00. The Hall–Kier alpha value is -0.220. The second kappa shape index (κ2) is 6.30. The van der Waals surface area contributed by atoms with Crippen molar-refractivity contribution in [3.8, 4) is 0 Å². The van der Waals surface area contributed by atoms with Crippen LogP contribution in [0, 0.1) is 5.92 Å². The first-order chi connectivity index (χ1) is 6.74. The molecule has 2 unspecified atom stereocenters. The summed E-state index contributed by atoms with van der Waals surface area (Å²) >= 11 is 0. The van der Waals surface area contributed by atoms with Gasteiger partial charge in [-0.15, -0.1) is 0 Å². The van der Waals surface area contributed by atoms with Crippen molar-refractivity contribution in [2.45, 2.75) is 38.2 Å². The van der Waals surface area contributed by atoms with E-state index >= 15 is 0 Å². The Balaban J connectivity index is 2.05. The molecule has 1 aliphatic carbocycles. The van der Waals surface area contributed by atoms with E-state index in [1.54, 1.807) is 0 Å². The van der Waals surface area contributed by atoms with Crippen molar-refractivity contribution in [1.29, 1.82) is 0 Å². The number of nitrogens with one attached hydrogen (secondary N) is 1. The lowest BCUT2D eigenvalue weighted by Gasteiger charge is -2.18. The molecule has 0 heterocycles. The molecule has 1 aliphatic rings. The van der Waals surface area contributed by atoms with E-state index in [1.807, 2.05) is 7.05 Å². The first-order valence-electron chi connectivity index (χ1n) is 5.27. The highest BCUT2D eigenvalue weighted by Crippen LogP contribution is 2.27. The van der Waals surface area contributed by atoms with Crippen molar-refractivity contribution in [2.75, 3.05) is 20.3 Å². The lowest BCUT2D eigenvalue weighted by atomic mass is 10.0. The van der Waals surface area contributed by atoms with Crippen molar-refractivity contribution in [3.63, 3.8) is 0 Å². The standard InChI is InChI=1S/C10H19F2NO/c1-13-9-4-2-3-8(9)5-6-14-7-10(11)12/h8-10,13H,2-7H2,1H3. The minimum atomic E-state index is -2.33. The van der Waals surface area contributed by atoms with E-state index in [2.05, 4.69) is 5.32 Å². The Morgan fingerprint density at radius 2 is 2.21 bits per heavy atom. The van der Waals surface area contributed by atoms with Crippen LogP contribution >= 0.6 is 0 Å². The Bertz CT molecular complexity index is 155. The number of hydrogen-bond acceptors (Lipinski definition) is 2. The number of hydrogen-bond donors (Lipinski definition) is 1. The van der Waals surface area contributed by atoms with Gasteiger partial charge in [0.1, 0.15) is 6.61 Å². The molecule has 0 amide bonds. The third kappa shape index (κ3) is 3.88. The average molecular weight is 207 g/mol. The fourth-order valence-electron chi connectivity index (χ4n) is 2.17. The second-order valence-corrected chi connectivity index (χ2v) is 3.84. The molecule has 0 aliphatic heterocycles. The fourth-order valence-corrected chi connectivity index (χ4v) is 2.17. The van der Waals surface area contributed by atoms with Crippen LogP contribution in [0.3, 0.4) is 0 Å². The van der Waals surface area contributed by atoms with E-state index < -0.39 is 13.0 Å². The molecule has 0 aromatic carbocycles. The zero-order chi connectivity index (χ0) is 10.4. The first kappa shape index (κ1) is 11.9. The van der Waals surface area contributed by atoms with Gasteiger partial charge in [0.2, 0.25) is 0 Å². The molecule has 0 aromatic rings. The number of rotatable bonds is 6. The van der Waals surface area contributed by atoms with Crippen LogP contribution in [0.5, 0.6) is 0 Å². The van der Waals surface area contributed by atoms with E-state index in [1.165, 1.54) is 19.3 Å². The molecule has 0 radical (unpaired) electrons. The molecule has 1 rings (SSSR count). The van der Waals surface area contributed by atoms with Gasteiger partial charge in [-0.1, -0.05) is 6.42 Å². The van der Waals surface area contributed by atoms with Crippen LogP contribution in [0.25, 0.3) is 0 Å². The summed E-state index contributed by atoms with van der Waals surface area (Å²) in [6.45, 7) is 0.0458. The summed E-state index contributed by atoms with van der Waals surface area (Å²) in [5.41, 5.74) is 0. The molecule has 2 atom stereocenters. The molecule has 1 N–H and O–H groups in total. The molecule has 0 spiro atoms. The SMILES string of the molecule is CNC1CCCC1CCOCC(F)F. The van der Waals surface area contributed by atoms with Crippen LogP contribution in [0.2, 0.25) is 0 Å². The molecular weight excluding hydrogens is 188 g/mol. The Kier molecular flexibility index (Phi) is 5.33. The third-order valence-corrected chi connectivity index (χ3v) is 2.91. The molecular formula is C10H19F2NO. The van der Waals surface area contributed by atoms with Gasteiger partial charge in [0.15, 0.2) is 0 Å². The summed E-state index contributed by atoms with van der Waals surface area (Å²) in [6.07, 6.45) is 2.21. The van der Waals surface area contributed by atoms with Gasteiger partial charge in [0, 0.05) is 12.6 Å². The second-order valence-electron chi connectivity index (χ2n) is 3.84. The summed E-state index contributed by atoms with van der Waals surface area (Å²) in [4.78, 5) is 0. The van der Waals surface area contributed by atoms with Gasteiger partial charge in [-0.3, -0.25) is 0 Å². The van der Waals surface area contributed by atoms with Gasteiger partial charge in [-0.25, -0.2) is 8.78 Å². The largest absolute Gasteiger partial charge is 0.376 e. The maximum absolute atomic E-state index is 11.7. The Morgan fingerprint density at radius 3 is 2.86 bits per heavy atom. The first-order valence-corrected chi connectivity index (χ1v) is 5.27. The zero-order valence-electron chi connectivity index (χ0n) is 8.64. The summed E-state index contributed by atoms with van der Waals surface area (Å²) in [6, 6.07) is 0.560. The summed E-state index contributed by atoms with van der Waals surface area (Å²) < 4.78 is 28.4. The van der Waals surface area contributed by atoms with Gasteiger partial charge in [-0.2, -0.15) is 0 Å². The predicted molar refractivity (Wildman–Crippen MR) is 51.6 cm³/mol. The van der Waals surface area contributed by atoms with Crippen LogP contribution < -0.4 is 5.32 Å². The Labute approximate surface area is 84.0 Å². The molecule has 2 nitrogen and oxygen atoms in total. The molecule has 4 heteroatoms. The van der Waals surface area contributed by atoms with Gasteiger partial charge in [0.25, 0.3) is 6.43 Å². The summed E-state index contributed by atoms with van der Waals surface area (Å²) in [7, 11) is 1.96. The maximum Gasteiger partial charge on any atom is 0.261 e. The molecule has 0 saturated heterocycles. The van der Waals surface area contributed by atoms with Crippen molar-refractivity contribution >= 4 is 0 Å². The third-order valence-electron chi connectivity index (χ3n) is 2.91. The van der Waals surface area contributed by atoms with E-state index in [0.717, 1.165) is 6.42 Å². The van der Waals surface area contributed by atoms with E-state index in [0.29, 0.717) is 18.6 Å². The average Bonchev–Trinajstić information content (AvgIpc) is 2.59. The van der Waals surface area contributed by atoms with Crippen molar-refractivity contribution in [1.82, 2.24) is 5.32 Å². The van der Waals surface area contributed by atoms with Gasteiger partial charge < -0.3 is 10.1 Å². The molecule has 84 valence electrons. The highest BCUT2D eigenvalue weighted by Gasteiger charge is 2.25. The monoisotopic (exact) mass is 207 g/mol. The van der Waals surface area contributed by atoms with Gasteiger partial charge >= 0.3 is 0 Å². The molecule has 0 aromatic heterocycles. The highest BCUT2D eigenvalue weighted by molar-refractivity contribution is 4.81. The smallest absolute Gasteiger partial charge is 0.261 e. The molecule has 1 fully saturated rings. The zero-order valence-corrected chi connectivity index (χ0v) is 8.64. The quantitative estimate of drug-likeness (QED) is 0.673. The molecule has 1 saturated carbocycles. The minimum Gasteiger partial charge on any atom is -0.376 e. The lowest BCUT2D eigenvalue weighted by Crippen LogP contribution is -2.29. The van der Waals surface area contributed by atoms with Crippen LogP contribution in [-0.2, 0) is 4.74 Å². The van der Waals surface area contributed by atoms with Gasteiger partial charge in [0.05, 0.1) is 0 Å². The van der Waals surface area contributed by atoms with E-state index in [9.17, 15) is 8.78 Å². The van der Waals surface area contributed by atoms with Crippen molar-refractivity contribution < 1.29 is 13.5 Å². The number of ether oxygens (including phenoxy) is 1. The van der Waals surface area contributed by atoms with Crippen LogP contribution in [-0.4, -0.2) is 32.7 Å². The highest BCUT2D eigenvalue weighted by atomic mass is 19.3. The maximum atomic E-state index is 11.7. The van der Waals surface area contributed by atoms with Gasteiger partial charge in [-0.05, 0) is 32.2 Å². The predicted octanol–water partition coefficient (Wildman–Crippen LogP) is 2.05. The van der Waals surface area contributed by atoms with Crippen LogP contribution in [0.1, 0.15) is 25.7 Å². The number of halogens is 2. The lowest BCUT2D eigenvalue weighted by molar-refractivity contribution is 0.0124. The molecule has 0 bridgehead atoms. The minimum absolute atomic E-state index is 0.420. The van der Waals surface area contributed by atoms with Crippen molar-refractivity contribution in [2.24, 2.45) is 5.92 Å². The van der Waals surface area contributed by atoms with Crippen molar-refractivity contribution in [3.05, 3.63) is 0 Å². The topological polar surface area (TPSA) is 21.3 Å². The normalized spacial score (nSPS) is 27.4. The van der Waals surface area contributed by atoms with Crippen LogP contribution in [0.15, 0.2) is 0 Å².